The predicted octanol–water partition coefficient (Wildman–Crippen LogP) is 1.35. The summed E-state index contributed by atoms with van der Waals surface area (Å²) < 4.78 is 5.07. The fraction of sp³-hybridized carbons (Fsp3) is 0.471. The molecule has 0 bridgehead atoms. The van der Waals surface area contributed by atoms with Crippen molar-refractivity contribution in [3.63, 3.8) is 0 Å². The van der Waals surface area contributed by atoms with Gasteiger partial charge in [0.2, 0.25) is 0 Å². The van der Waals surface area contributed by atoms with Gasteiger partial charge in [-0.05, 0) is 31.0 Å². The van der Waals surface area contributed by atoms with Crippen molar-refractivity contribution in [1.29, 1.82) is 0 Å². The van der Waals surface area contributed by atoms with Crippen LogP contribution in [0, 0.1) is 0 Å². The van der Waals surface area contributed by atoms with Gasteiger partial charge in [0.25, 0.3) is 5.91 Å². The maximum atomic E-state index is 12.4. The van der Waals surface area contributed by atoms with Gasteiger partial charge < -0.3 is 15.0 Å². The van der Waals surface area contributed by atoms with E-state index in [0.29, 0.717) is 18.2 Å². The summed E-state index contributed by atoms with van der Waals surface area (Å²) in [5.41, 5.74) is 2.62. The van der Waals surface area contributed by atoms with Gasteiger partial charge in [-0.25, -0.2) is 0 Å². The Morgan fingerprint density at radius 1 is 1.46 bits per heavy atom. The summed E-state index contributed by atoms with van der Waals surface area (Å²) in [6.45, 7) is 2.80. The highest BCUT2D eigenvalue weighted by molar-refractivity contribution is 5.93. The molecule has 7 nitrogen and oxygen atoms in total. The lowest BCUT2D eigenvalue weighted by atomic mass is 10.0. The molecule has 24 heavy (non-hydrogen) atoms. The lowest BCUT2D eigenvalue weighted by molar-refractivity contribution is 0.0704. The van der Waals surface area contributed by atoms with Crippen molar-refractivity contribution in [2.45, 2.75) is 32.0 Å². The van der Waals surface area contributed by atoms with Gasteiger partial charge in [-0.15, -0.1) is 0 Å². The van der Waals surface area contributed by atoms with Crippen LogP contribution in [0.2, 0.25) is 0 Å². The van der Waals surface area contributed by atoms with Crippen molar-refractivity contribution >= 4 is 5.91 Å². The Hall–Kier alpha value is -2.25. The molecule has 0 aromatic carbocycles. The number of hydrogen-bond acceptors (Lipinski definition) is 5. The Morgan fingerprint density at radius 3 is 3.00 bits per heavy atom. The maximum Gasteiger partial charge on any atom is 0.255 e. The number of nitrogens with zero attached hydrogens (tertiary/aromatic N) is 3. The molecule has 1 amide bonds. The number of carbonyl (C=O) groups excluding carboxylic acids is 1. The number of rotatable bonds is 6. The van der Waals surface area contributed by atoms with Gasteiger partial charge in [0, 0.05) is 45.2 Å². The van der Waals surface area contributed by atoms with E-state index in [0.717, 1.165) is 43.9 Å². The molecule has 0 saturated carbocycles. The molecule has 2 aromatic heterocycles. The van der Waals surface area contributed by atoms with Crippen LogP contribution >= 0.6 is 0 Å². The normalized spacial score (nSPS) is 15.6. The van der Waals surface area contributed by atoms with E-state index >= 15 is 0 Å². The minimum Gasteiger partial charge on any atom is -0.378 e. The number of likely N-dealkylation sites (tertiary alicyclic amines) is 1. The van der Waals surface area contributed by atoms with Gasteiger partial charge in [0.15, 0.2) is 0 Å². The van der Waals surface area contributed by atoms with Crippen LogP contribution in [0.15, 0.2) is 30.6 Å². The second-order valence-corrected chi connectivity index (χ2v) is 6.01. The SMILES string of the molecule is COCc1cc(CNC2CCN(C(=O)c3cccnc3)CC2)n[nH]1. The van der Waals surface area contributed by atoms with Gasteiger partial charge in [0.05, 0.1) is 23.6 Å². The summed E-state index contributed by atoms with van der Waals surface area (Å²) in [5, 5.41) is 10.7. The lowest BCUT2D eigenvalue weighted by Crippen LogP contribution is -2.44. The average molecular weight is 329 g/mol. The third-order valence-corrected chi connectivity index (χ3v) is 4.25. The second-order valence-electron chi connectivity index (χ2n) is 6.01. The highest BCUT2D eigenvalue weighted by atomic mass is 16.5. The zero-order valence-corrected chi connectivity index (χ0v) is 13.9. The van der Waals surface area contributed by atoms with E-state index in [-0.39, 0.29) is 5.91 Å². The molecule has 1 aliphatic heterocycles. The van der Waals surface area contributed by atoms with E-state index in [1.165, 1.54) is 0 Å². The summed E-state index contributed by atoms with van der Waals surface area (Å²) >= 11 is 0. The van der Waals surface area contributed by atoms with Gasteiger partial charge in [-0.1, -0.05) is 0 Å². The quantitative estimate of drug-likeness (QED) is 0.836. The van der Waals surface area contributed by atoms with Crippen LogP contribution in [0.4, 0.5) is 0 Å². The van der Waals surface area contributed by atoms with Crippen LogP contribution in [-0.4, -0.2) is 52.2 Å². The number of nitrogens with one attached hydrogen (secondary N) is 2. The zero-order valence-electron chi connectivity index (χ0n) is 13.9. The van der Waals surface area contributed by atoms with Gasteiger partial charge in [0.1, 0.15) is 0 Å². The molecule has 1 aliphatic rings. The molecular formula is C17H23N5O2. The molecule has 3 heterocycles. The Labute approximate surface area is 141 Å². The highest BCUT2D eigenvalue weighted by Crippen LogP contribution is 2.14. The molecule has 3 rings (SSSR count). The minimum atomic E-state index is 0.0676. The first kappa shape index (κ1) is 16.6. The predicted molar refractivity (Wildman–Crippen MR) is 89.3 cm³/mol. The number of ether oxygens (including phenoxy) is 1. The van der Waals surface area contributed by atoms with E-state index in [4.69, 9.17) is 4.74 Å². The minimum absolute atomic E-state index is 0.0676. The van der Waals surface area contributed by atoms with E-state index in [2.05, 4.69) is 20.5 Å². The number of methoxy groups -OCH3 is 1. The topological polar surface area (TPSA) is 83.1 Å². The zero-order chi connectivity index (χ0) is 16.8. The third kappa shape index (κ3) is 4.18. The summed E-state index contributed by atoms with van der Waals surface area (Å²) in [7, 11) is 1.67. The Bertz CT molecular complexity index is 650. The fourth-order valence-corrected chi connectivity index (χ4v) is 2.94. The first-order valence-electron chi connectivity index (χ1n) is 8.21. The van der Waals surface area contributed by atoms with Crippen LogP contribution in [0.25, 0.3) is 0 Å². The Balaban J connectivity index is 1.44. The molecule has 1 saturated heterocycles. The van der Waals surface area contributed by atoms with Crippen molar-refractivity contribution in [2.75, 3.05) is 20.2 Å². The van der Waals surface area contributed by atoms with Crippen molar-refractivity contribution in [1.82, 2.24) is 25.4 Å². The number of hydrogen-bond donors (Lipinski definition) is 2. The molecule has 1 fully saturated rings. The first-order valence-corrected chi connectivity index (χ1v) is 8.21. The molecular weight excluding hydrogens is 306 g/mol. The monoisotopic (exact) mass is 329 g/mol. The first-order chi connectivity index (χ1) is 11.8. The highest BCUT2D eigenvalue weighted by Gasteiger charge is 2.23. The largest absolute Gasteiger partial charge is 0.378 e. The number of pyridine rings is 1. The van der Waals surface area contributed by atoms with Crippen LogP contribution in [0.5, 0.6) is 0 Å². The van der Waals surface area contributed by atoms with Crippen molar-refractivity contribution in [2.24, 2.45) is 0 Å². The van der Waals surface area contributed by atoms with Crippen LogP contribution in [0.3, 0.4) is 0 Å². The molecule has 2 aromatic rings. The molecule has 2 N–H and O–H groups in total. The summed E-state index contributed by atoms with van der Waals surface area (Å²) in [5.74, 6) is 0.0676. The van der Waals surface area contributed by atoms with Gasteiger partial charge in [-0.3, -0.25) is 14.9 Å². The van der Waals surface area contributed by atoms with Crippen molar-refractivity contribution in [3.05, 3.63) is 47.5 Å². The molecule has 128 valence electrons. The number of aromatic amines is 1. The third-order valence-electron chi connectivity index (χ3n) is 4.25. The number of carbonyl (C=O) groups is 1. The van der Waals surface area contributed by atoms with E-state index < -0.39 is 0 Å². The van der Waals surface area contributed by atoms with Crippen molar-refractivity contribution in [3.8, 4) is 0 Å². The van der Waals surface area contributed by atoms with Crippen molar-refractivity contribution < 1.29 is 9.53 Å². The van der Waals surface area contributed by atoms with E-state index in [1.807, 2.05) is 17.0 Å². The summed E-state index contributed by atoms with van der Waals surface area (Å²) in [6.07, 6.45) is 5.20. The summed E-state index contributed by atoms with van der Waals surface area (Å²) in [6, 6.07) is 6.03. The summed E-state index contributed by atoms with van der Waals surface area (Å²) in [4.78, 5) is 18.3. The van der Waals surface area contributed by atoms with E-state index in [9.17, 15) is 4.79 Å². The van der Waals surface area contributed by atoms with Crippen LogP contribution < -0.4 is 5.32 Å². The number of H-pyrrole nitrogens is 1. The molecule has 7 heteroatoms. The number of amides is 1. The molecule has 0 spiro atoms. The molecule has 0 aliphatic carbocycles. The smallest absolute Gasteiger partial charge is 0.255 e. The Kier molecular flexibility index (Phi) is 5.55. The van der Waals surface area contributed by atoms with Crippen LogP contribution in [0.1, 0.15) is 34.6 Å². The average Bonchev–Trinajstić information content (AvgIpc) is 3.08. The van der Waals surface area contributed by atoms with E-state index in [1.54, 1.807) is 25.6 Å². The van der Waals surface area contributed by atoms with Gasteiger partial charge in [-0.2, -0.15) is 5.10 Å². The lowest BCUT2D eigenvalue weighted by Gasteiger charge is -2.32. The number of aromatic nitrogens is 3. The maximum absolute atomic E-state index is 12.4. The molecule has 0 radical (unpaired) electrons. The fourth-order valence-electron chi connectivity index (χ4n) is 2.94. The Morgan fingerprint density at radius 2 is 2.29 bits per heavy atom. The molecule has 0 unspecified atom stereocenters. The second kappa shape index (κ2) is 8.03. The van der Waals surface area contributed by atoms with Gasteiger partial charge >= 0.3 is 0 Å². The standard InChI is InChI=1S/C17H23N5O2/c1-24-12-16-9-15(20-21-16)11-19-14-4-7-22(8-5-14)17(23)13-3-2-6-18-10-13/h2-3,6,9-10,14,19H,4-5,7-8,11-12H2,1H3,(H,20,21). The molecule has 0 atom stereocenters. The van der Waals surface area contributed by atoms with Crippen LogP contribution in [-0.2, 0) is 17.9 Å². The number of piperidine rings is 1.